The normalized spacial score (nSPS) is 19.5. The van der Waals surface area contributed by atoms with Crippen LogP contribution in [0, 0.1) is 13.8 Å². The maximum atomic E-state index is 13.7. The SMILES string of the molecule is Cc1ccc(N=C2S/C(=C3\Sc4ccccc4N3C)C(=O)N2c2ccc(C)cc2)cc1. The van der Waals surface area contributed by atoms with Crippen molar-refractivity contribution in [1.29, 1.82) is 0 Å². The molecule has 0 N–H and O–H groups in total. The first kappa shape index (κ1) is 20.0. The third-order valence-corrected chi connectivity index (χ3v) is 7.66. The lowest BCUT2D eigenvalue weighted by atomic mass is 10.2. The highest BCUT2D eigenvalue weighted by atomic mass is 32.2. The van der Waals surface area contributed by atoms with E-state index in [0.717, 1.165) is 32.6 Å². The lowest BCUT2D eigenvalue weighted by molar-refractivity contribution is -0.113. The van der Waals surface area contributed by atoms with Gasteiger partial charge in [-0.15, -0.1) is 0 Å². The first-order valence-corrected chi connectivity index (χ1v) is 11.6. The molecule has 0 radical (unpaired) electrons. The molecular weight excluding hydrogens is 422 g/mol. The zero-order chi connectivity index (χ0) is 21.5. The molecule has 0 aromatic heterocycles. The molecule has 5 rings (SSSR count). The van der Waals surface area contributed by atoms with Gasteiger partial charge in [0.2, 0.25) is 0 Å². The number of para-hydroxylation sites is 1. The van der Waals surface area contributed by atoms with E-state index in [4.69, 9.17) is 4.99 Å². The Morgan fingerprint density at radius 1 is 0.806 bits per heavy atom. The number of benzene rings is 3. The Morgan fingerprint density at radius 2 is 1.45 bits per heavy atom. The predicted octanol–water partition coefficient (Wildman–Crippen LogP) is 6.48. The molecule has 1 amide bonds. The number of rotatable bonds is 2. The summed E-state index contributed by atoms with van der Waals surface area (Å²) in [6.45, 7) is 4.09. The number of carbonyl (C=O) groups excluding carboxylic acids is 1. The van der Waals surface area contributed by atoms with Gasteiger partial charge >= 0.3 is 0 Å². The van der Waals surface area contributed by atoms with E-state index in [1.54, 1.807) is 16.7 Å². The fourth-order valence-corrected chi connectivity index (χ4v) is 5.88. The Morgan fingerprint density at radius 3 is 2.13 bits per heavy atom. The summed E-state index contributed by atoms with van der Waals surface area (Å²) in [6, 6.07) is 24.3. The Bertz CT molecular complexity index is 1230. The van der Waals surface area contributed by atoms with Crippen LogP contribution in [-0.2, 0) is 4.79 Å². The average Bonchev–Trinajstić information content (AvgIpc) is 3.27. The minimum Gasteiger partial charge on any atom is -0.337 e. The van der Waals surface area contributed by atoms with Crippen molar-refractivity contribution in [1.82, 2.24) is 0 Å². The van der Waals surface area contributed by atoms with Gasteiger partial charge in [-0.05, 0) is 62.0 Å². The number of fused-ring (bicyclic) bond motifs is 1. The summed E-state index contributed by atoms with van der Waals surface area (Å²) in [5, 5.41) is 1.62. The number of amides is 1. The first-order chi connectivity index (χ1) is 15.0. The average molecular weight is 444 g/mol. The highest BCUT2D eigenvalue weighted by molar-refractivity contribution is 8.20. The highest BCUT2D eigenvalue weighted by Gasteiger charge is 2.40. The molecule has 2 aliphatic heterocycles. The molecule has 0 bridgehead atoms. The van der Waals surface area contributed by atoms with E-state index in [0.29, 0.717) is 10.1 Å². The summed E-state index contributed by atoms with van der Waals surface area (Å²) < 4.78 is 0. The molecule has 4 nitrogen and oxygen atoms in total. The highest BCUT2D eigenvalue weighted by Crippen LogP contribution is 2.50. The number of aryl methyl sites for hydroxylation is 2. The van der Waals surface area contributed by atoms with Crippen LogP contribution in [0.5, 0.6) is 0 Å². The van der Waals surface area contributed by atoms with Crippen LogP contribution < -0.4 is 9.80 Å². The summed E-state index contributed by atoms with van der Waals surface area (Å²) in [4.78, 5) is 24.2. The largest absolute Gasteiger partial charge is 0.337 e. The van der Waals surface area contributed by atoms with Gasteiger partial charge in [0, 0.05) is 11.9 Å². The number of hydrogen-bond acceptors (Lipinski definition) is 5. The summed E-state index contributed by atoms with van der Waals surface area (Å²) >= 11 is 3.08. The molecule has 0 aliphatic carbocycles. The van der Waals surface area contributed by atoms with Crippen molar-refractivity contribution in [3.05, 3.63) is 93.9 Å². The fourth-order valence-electron chi connectivity index (χ4n) is 3.53. The number of carbonyl (C=O) groups is 1. The molecule has 1 fully saturated rings. The number of nitrogens with zero attached hydrogens (tertiary/aromatic N) is 3. The summed E-state index contributed by atoms with van der Waals surface area (Å²) in [7, 11) is 2.01. The van der Waals surface area contributed by atoms with Gasteiger partial charge in [-0.2, -0.15) is 0 Å². The second-order valence-electron chi connectivity index (χ2n) is 7.57. The van der Waals surface area contributed by atoms with Gasteiger partial charge in [0.1, 0.15) is 4.91 Å². The van der Waals surface area contributed by atoms with Gasteiger partial charge < -0.3 is 4.90 Å². The first-order valence-electron chi connectivity index (χ1n) is 10.0. The maximum Gasteiger partial charge on any atom is 0.274 e. The zero-order valence-corrected chi connectivity index (χ0v) is 19.1. The van der Waals surface area contributed by atoms with Crippen LogP contribution in [0.15, 0.2) is 92.6 Å². The number of aliphatic imine (C=N–C) groups is 1. The molecule has 0 unspecified atom stereocenters. The van der Waals surface area contributed by atoms with Crippen LogP contribution in [0.1, 0.15) is 11.1 Å². The Labute approximate surface area is 190 Å². The van der Waals surface area contributed by atoms with Gasteiger partial charge in [-0.3, -0.25) is 9.69 Å². The van der Waals surface area contributed by atoms with Gasteiger partial charge in [-0.25, -0.2) is 4.99 Å². The van der Waals surface area contributed by atoms with Gasteiger partial charge in [0.05, 0.1) is 22.1 Å². The van der Waals surface area contributed by atoms with Crippen molar-refractivity contribution in [3.8, 4) is 0 Å². The molecule has 2 aliphatic rings. The lowest BCUT2D eigenvalue weighted by Crippen LogP contribution is -2.29. The van der Waals surface area contributed by atoms with E-state index in [2.05, 4.69) is 24.0 Å². The number of anilines is 2. The van der Waals surface area contributed by atoms with Crippen LogP contribution in [-0.4, -0.2) is 18.1 Å². The van der Waals surface area contributed by atoms with E-state index in [-0.39, 0.29) is 5.91 Å². The molecular formula is C25H21N3OS2. The van der Waals surface area contributed by atoms with Crippen LogP contribution in [0.2, 0.25) is 0 Å². The summed E-state index contributed by atoms with van der Waals surface area (Å²) in [5.74, 6) is -0.0399. The second kappa shape index (κ2) is 7.94. The fraction of sp³-hybridized carbons (Fsp3) is 0.120. The van der Waals surface area contributed by atoms with E-state index in [1.807, 2.05) is 74.6 Å². The van der Waals surface area contributed by atoms with E-state index in [9.17, 15) is 4.79 Å². The van der Waals surface area contributed by atoms with Crippen molar-refractivity contribution in [2.75, 3.05) is 16.8 Å². The molecule has 154 valence electrons. The minimum atomic E-state index is -0.0399. The third kappa shape index (κ3) is 3.66. The smallest absolute Gasteiger partial charge is 0.274 e. The third-order valence-electron chi connectivity index (χ3n) is 5.26. The second-order valence-corrected chi connectivity index (χ2v) is 9.58. The van der Waals surface area contributed by atoms with E-state index >= 15 is 0 Å². The van der Waals surface area contributed by atoms with Crippen LogP contribution in [0.4, 0.5) is 17.1 Å². The molecule has 0 saturated carbocycles. The molecule has 0 atom stereocenters. The Hall–Kier alpha value is -2.96. The maximum absolute atomic E-state index is 13.7. The van der Waals surface area contributed by atoms with Crippen molar-refractivity contribution in [2.45, 2.75) is 18.7 Å². The monoisotopic (exact) mass is 443 g/mol. The number of amidine groups is 1. The molecule has 1 saturated heterocycles. The quantitative estimate of drug-likeness (QED) is 0.425. The van der Waals surface area contributed by atoms with Gasteiger partial charge in [0.25, 0.3) is 5.91 Å². The van der Waals surface area contributed by atoms with Crippen molar-refractivity contribution >= 4 is 51.7 Å². The predicted molar refractivity (Wildman–Crippen MR) is 132 cm³/mol. The molecule has 3 aromatic carbocycles. The Balaban J connectivity index is 1.61. The molecule has 2 heterocycles. The summed E-state index contributed by atoms with van der Waals surface area (Å²) in [5.41, 5.74) is 5.11. The topological polar surface area (TPSA) is 35.9 Å². The van der Waals surface area contributed by atoms with Crippen LogP contribution in [0.3, 0.4) is 0 Å². The van der Waals surface area contributed by atoms with E-state index < -0.39 is 0 Å². The van der Waals surface area contributed by atoms with E-state index in [1.165, 1.54) is 17.3 Å². The Kier molecular flexibility index (Phi) is 5.12. The number of hydrogen-bond donors (Lipinski definition) is 0. The number of thioether (sulfide) groups is 2. The molecule has 0 spiro atoms. The van der Waals surface area contributed by atoms with Crippen molar-refractivity contribution in [3.63, 3.8) is 0 Å². The lowest BCUT2D eigenvalue weighted by Gasteiger charge is -2.17. The van der Waals surface area contributed by atoms with Crippen molar-refractivity contribution in [2.24, 2.45) is 4.99 Å². The zero-order valence-electron chi connectivity index (χ0n) is 17.5. The molecule has 6 heteroatoms. The van der Waals surface area contributed by atoms with Crippen LogP contribution in [0.25, 0.3) is 0 Å². The molecule has 3 aromatic rings. The minimum absolute atomic E-state index is 0.0399. The standard InChI is InChI=1S/C25H21N3OS2/c1-16-8-12-18(13-9-16)26-25-28(19-14-10-17(2)11-15-19)23(29)22(31-25)24-27(3)20-6-4-5-7-21(20)30-24/h4-15H,1-3H3/b24-22-,26-25?. The van der Waals surface area contributed by atoms with Crippen molar-refractivity contribution < 1.29 is 4.79 Å². The van der Waals surface area contributed by atoms with Gasteiger partial charge in [0.15, 0.2) is 5.17 Å². The van der Waals surface area contributed by atoms with Gasteiger partial charge in [-0.1, -0.05) is 59.3 Å². The van der Waals surface area contributed by atoms with Crippen LogP contribution >= 0.6 is 23.5 Å². The summed E-state index contributed by atoms with van der Waals surface area (Å²) in [6.07, 6.45) is 0. The molecule has 31 heavy (non-hydrogen) atoms.